The Bertz CT molecular complexity index is 727. The molecule has 0 saturated carbocycles. The molecule has 0 spiro atoms. The number of hydrogen-bond acceptors (Lipinski definition) is 4. The van der Waals surface area contributed by atoms with Crippen LogP contribution in [0.4, 0.5) is 5.69 Å². The molecule has 22 heavy (non-hydrogen) atoms. The number of hydrogen-bond donors (Lipinski definition) is 2. The number of carbonyl (C=O) groups excluding carboxylic acids is 1. The fourth-order valence-corrected chi connectivity index (χ4v) is 2.62. The minimum Gasteiger partial charge on any atom is -0.475 e. The molecule has 1 aromatic carbocycles. The van der Waals surface area contributed by atoms with Gasteiger partial charge in [0.2, 0.25) is 11.7 Å². The minimum absolute atomic E-state index is 0.0893. The maximum absolute atomic E-state index is 12.4. The van der Waals surface area contributed by atoms with Gasteiger partial charge in [0.1, 0.15) is 5.58 Å². The van der Waals surface area contributed by atoms with Crippen LogP contribution in [0.2, 0.25) is 0 Å². The summed E-state index contributed by atoms with van der Waals surface area (Å²) in [6.07, 6.45) is 1.66. The zero-order chi connectivity index (χ0) is 15.7. The molecule has 2 N–H and O–H groups in total. The number of fused-ring (bicyclic) bond motifs is 1. The summed E-state index contributed by atoms with van der Waals surface area (Å²) < 4.78 is 10.6. The second kappa shape index (κ2) is 5.46. The van der Waals surface area contributed by atoms with E-state index in [2.05, 4.69) is 5.32 Å². The fourth-order valence-electron chi connectivity index (χ4n) is 2.62. The summed E-state index contributed by atoms with van der Waals surface area (Å²) in [6, 6.07) is 6.49. The number of benzene rings is 1. The Hall–Kier alpha value is -2.34. The van der Waals surface area contributed by atoms with Crippen LogP contribution in [0.15, 0.2) is 28.7 Å². The summed E-state index contributed by atoms with van der Waals surface area (Å²) in [5.41, 5.74) is 0.556. The highest BCUT2D eigenvalue weighted by Gasteiger charge is 2.35. The molecule has 1 saturated heterocycles. The Morgan fingerprint density at radius 1 is 1.32 bits per heavy atom. The second-order valence-corrected chi connectivity index (χ2v) is 5.84. The Labute approximate surface area is 127 Å². The zero-order valence-corrected chi connectivity index (χ0v) is 12.2. The van der Waals surface area contributed by atoms with Gasteiger partial charge in [-0.05, 0) is 44.0 Å². The SMILES string of the molecule is CC1(C(=O)Nc2ccc3oc(C(=O)O)cc3c2)CCCOC1. The number of rotatable bonds is 3. The molecule has 6 heteroatoms. The van der Waals surface area contributed by atoms with Crippen molar-refractivity contribution < 1.29 is 23.8 Å². The molecule has 116 valence electrons. The Balaban J connectivity index is 1.81. The number of carboxylic acids is 1. The molecule has 1 aliphatic heterocycles. The quantitative estimate of drug-likeness (QED) is 0.910. The molecular formula is C16H17NO5. The van der Waals surface area contributed by atoms with Crippen molar-refractivity contribution in [3.05, 3.63) is 30.0 Å². The van der Waals surface area contributed by atoms with E-state index in [0.29, 0.717) is 29.9 Å². The lowest BCUT2D eigenvalue weighted by atomic mass is 9.84. The van der Waals surface area contributed by atoms with Crippen LogP contribution in [0, 0.1) is 5.41 Å². The van der Waals surface area contributed by atoms with Gasteiger partial charge in [-0.25, -0.2) is 4.79 Å². The zero-order valence-electron chi connectivity index (χ0n) is 12.2. The van der Waals surface area contributed by atoms with Crippen molar-refractivity contribution in [1.82, 2.24) is 0 Å². The van der Waals surface area contributed by atoms with Crippen LogP contribution < -0.4 is 5.32 Å². The number of ether oxygens (including phenoxy) is 1. The van der Waals surface area contributed by atoms with E-state index in [1.54, 1.807) is 18.2 Å². The highest BCUT2D eigenvalue weighted by atomic mass is 16.5. The first-order valence-electron chi connectivity index (χ1n) is 7.14. The molecular weight excluding hydrogens is 286 g/mol. The molecule has 0 aliphatic carbocycles. The van der Waals surface area contributed by atoms with Gasteiger partial charge in [0.05, 0.1) is 12.0 Å². The molecule has 2 heterocycles. The van der Waals surface area contributed by atoms with Crippen LogP contribution in [-0.2, 0) is 9.53 Å². The second-order valence-electron chi connectivity index (χ2n) is 5.84. The van der Waals surface area contributed by atoms with Gasteiger partial charge in [-0.1, -0.05) is 0 Å². The van der Waals surface area contributed by atoms with Gasteiger partial charge in [-0.3, -0.25) is 4.79 Å². The van der Waals surface area contributed by atoms with Crippen molar-refractivity contribution in [3.63, 3.8) is 0 Å². The van der Waals surface area contributed by atoms with Gasteiger partial charge in [0.25, 0.3) is 0 Å². The van der Waals surface area contributed by atoms with Gasteiger partial charge in [-0.2, -0.15) is 0 Å². The number of aromatic carboxylic acids is 1. The number of carboxylic acid groups (broad SMARTS) is 1. The third-order valence-corrected chi connectivity index (χ3v) is 3.97. The lowest BCUT2D eigenvalue weighted by Gasteiger charge is -2.31. The molecule has 0 radical (unpaired) electrons. The summed E-state index contributed by atoms with van der Waals surface area (Å²) in [7, 11) is 0. The maximum atomic E-state index is 12.4. The number of nitrogens with one attached hydrogen (secondary N) is 1. The van der Waals surface area contributed by atoms with Crippen molar-refractivity contribution in [1.29, 1.82) is 0 Å². The van der Waals surface area contributed by atoms with E-state index in [9.17, 15) is 9.59 Å². The van der Waals surface area contributed by atoms with E-state index in [-0.39, 0.29) is 11.7 Å². The molecule has 3 rings (SSSR count). The van der Waals surface area contributed by atoms with Crippen LogP contribution in [-0.4, -0.2) is 30.2 Å². The molecule has 1 amide bonds. The smallest absolute Gasteiger partial charge is 0.371 e. The van der Waals surface area contributed by atoms with Crippen molar-refractivity contribution >= 4 is 28.5 Å². The van der Waals surface area contributed by atoms with Gasteiger partial charge in [0, 0.05) is 17.7 Å². The van der Waals surface area contributed by atoms with E-state index in [4.69, 9.17) is 14.3 Å². The first-order chi connectivity index (χ1) is 10.5. The summed E-state index contributed by atoms with van der Waals surface area (Å²) >= 11 is 0. The molecule has 1 atom stereocenters. The average Bonchev–Trinajstić information content (AvgIpc) is 2.91. The normalized spacial score (nSPS) is 21.7. The van der Waals surface area contributed by atoms with Gasteiger partial charge in [-0.15, -0.1) is 0 Å². The Morgan fingerprint density at radius 3 is 2.82 bits per heavy atom. The van der Waals surface area contributed by atoms with E-state index < -0.39 is 11.4 Å². The molecule has 2 aromatic rings. The van der Waals surface area contributed by atoms with E-state index in [1.807, 2.05) is 6.92 Å². The molecule has 0 bridgehead atoms. The summed E-state index contributed by atoms with van der Waals surface area (Å²) in [5.74, 6) is -1.33. The van der Waals surface area contributed by atoms with Gasteiger partial charge in [0.15, 0.2) is 0 Å². The molecule has 6 nitrogen and oxygen atoms in total. The van der Waals surface area contributed by atoms with Crippen LogP contribution in [0.3, 0.4) is 0 Å². The average molecular weight is 303 g/mol. The topological polar surface area (TPSA) is 88.8 Å². The Kier molecular flexibility index (Phi) is 3.62. The third kappa shape index (κ3) is 2.69. The van der Waals surface area contributed by atoms with Crippen LogP contribution >= 0.6 is 0 Å². The number of amides is 1. The monoisotopic (exact) mass is 303 g/mol. The van der Waals surface area contributed by atoms with E-state index >= 15 is 0 Å². The van der Waals surface area contributed by atoms with Crippen molar-refractivity contribution in [2.24, 2.45) is 5.41 Å². The van der Waals surface area contributed by atoms with Gasteiger partial charge < -0.3 is 19.6 Å². The molecule has 1 fully saturated rings. The van der Waals surface area contributed by atoms with Crippen molar-refractivity contribution in [2.45, 2.75) is 19.8 Å². The Morgan fingerprint density at radius 2 is 2.14 bits per heavy atom. The highest BCUT2D eigenvalue weighted by Crippen LogP contribution is 2.30. The molecule has 1 unspecified atom stereocenters. The third-order valence-electron chi connectivity index (χ3n) is 3.97. The van der Waals surface area contributed by atoms with Crippen LogP contribution in [0.5, 0.6) is 0 Å². The predicted octanol–water partition coefficient (Wildman–Crippen LogP) is 2.89. The van der Waals surface area contributed by atoms with Crippen LogP contribution in [0.25, 0.3) is 11.0 Å². The largest absolute Gasteiger partial charge is 0.475 e. The fraction of sp³-hybridized carbons (Fsp3) is 0.375. The lowest BCUT2D eigenvalue weighted by Crippen LogP contribution is -2.40. The summed E-state index contributed by atoms with van der Waals surface area (Å²) in [5, 5.41) is 12.4. The van der Waals surface area contributed by atoms with Crippen molar-refractivity contribution in [3.8, 4) is 0 Å². The van der Waals surface area contributed by atoms with E-state index in [0.717, 1.165) is 12.8 Å². The maximum Gasteiger partial charge on any atom is 0.371 e. The highest BCUT2D eigenvalue weighted by molar-refractivity contribution is 5.98. The number of carbonyl (C=O) groups is 2. The number of anilines is 1. The van der Waals surface area contributed by atoms with E-state index in [1.165, 1.54) is 6.07 Å². The van der Waals surface area contributed by atoms with Gasteiger partial charge >= 0.3 is 5.97 Å². The lowest BCUT2D eigenvalue weighted by molar-refractivity contribution is -0.131. The molecule has 1 aliphatic rings. The standard InChI is InChI=1S/C16H17NO5/c1-16(5-2-6-21-9-16)15(20)17-11-3-4-12-10(7-11)8-13(22-12)14(18)19/h3-4,7-8H,2,5-6,9H2,1H3,(H,17,20)(H,18,19). The first-order valence-corrected chi connectivity index (χ1v) is 7.14. The van der Waals surface area contributed by atoms with Crippen molar-refractivity contribution in [2.75, 3.05) is 18.5 Å². The van der Waals surface area contributed by atoms with Crippen LogP contribution in [0.1, 0.15) is 30.3 Å². The molecule has 1 aromatic heterocycles. The minimum atomic E-state index is -1.12. The predicted molar refractivity (Wildman–Crippen MR) is 80.0 cm³/mol. The number of furan rings is 1. The first kappa shape index (κ1) is 14.6. The summed E-state index contributed by atoms with van der Waals surface area (Å²) in [6.45, 7) is 3.00. The summed E-state index contributed by atoms with van der Waals surface area (Å²) in [4.78, 5) is 23.3.